The van der Waals surface area contributed by atoms with Gasteiger partial charge in [-0.05, 0) is 159 Å². The van der Waals surface area contributed by atoms with E-state index in [0.29, 0.717) is 42.6 Å². The molecule has 7 N–H and O–H groups in total. The van der Waals surface area contributed by atoms with Crippen molar-refractivity contribution in [1.29, 1.82) is 0 Å². The van der Waals surface area contributed by atoms with E-state index in [-0.39, 0.29) is 73.7 Å². The summed E-state index contributed by atoms with van der Waals surface area (Å²) in [4.78, 5) is 134. The fraction of sp³-hybridized carbons (Fsp3) is 0.450. The number of halogens is 3. The van der Waals surface area contributed by atoms with E-state index in [1.165, 1.54) is 16.9 Å². The molecule has 0 aliphatic carbocycles. The summed E-state index contributed by atoms with van der Waals surface area (Å²) in [5.41, 5.74) is 8.22. The van der Waals surface area contributed by atoms with Crippen molar-refractivity contribution in [3.05, 3.63) is 217 Å². The number of amides is 4. The monoisotopic (exact) mass is 1860 g/mol. The van der Waals surface area contributed by atoms with E-state index in [0.717, 1.165) is 48.2 Å². The summed E-state index contributed by atoms with van der Waals surface area (Å²) in [5.74, 6) is -6.66. The van der Waals surface area contributed by atoms with Crippen molar-refractivity contribution in [2.75, 3.05) is 19.7 Å². The molecule has 0 bridgehead atoms. The number of ketones is 2. The second kappa shape index (κ2) is 46.5. The van der Waals surface area contributed by atoms with Gasteiger partial charge in [0.1, 0.15) is 48.4 Å². The fourth-order valence-corrected chi connectivity index (χ4v) is 26.0. The van der Waals surface area contributed by atoms with Crippen LogP contribution in [0.1, 0.15) is 205 Å². The van der Waals surface area contributed by atoms with Crippen LogP contribution in [0.5, 0.6) is 0 Å². The van der Waals surface area contributed by atoms with Gasteiger partial charge in [-0.3, -0.25) is 58.2 Å². The maximum Gasteiger partial charge on any atom is 1.00 e. The summed E-state index contributed by atoms with van der Waals surface area (Å²) in [6.07, 6.45) is 5.78. The quantitative estimate of drug-likeness (QED) is 0.0124. The van der Waals surface area contributed by atoms with Crippen LogP contribution in [0.2, 0.25) is 10.1 Å². The predicted octanol–water partition coefficient (Wildman–Crippen LogP) is 12.4. The van der Waals surface area contributed by atoms with Crippen LogP contribution in [0.4, 0.5) is 0 Å². The molecule has 0 unspecified atom stereocenters. The second-order valence-corrected chi connectivity index (χ2v) is 48.5. The first kappa shape index (κ1) is 108. The molecule has 4 amide bonds. The summed E-state index contributed by atoms with van der Waals surface area (Å²) in [6.45, 7) is 35.9. The van der Waals surface area contributed by atoms with E-state index in [9.17, 15) is 48.6 Å². The minimum absolute atomic E-state index is 0. The summed E-state index contributed by atoms with van der Waals surface area (Å²) >= 11 is 17.6. The van der Waals surface area contributed by atoms with Crippen LogP contribution in [0.3, 0.4) is 0 Å². The van der Waals surface area contributed by atoms with E-state index in [4.69, 9.17) is 58.1 Å². The standard InChI is InChI=1S/C52H65Cl3N4O8Si.C48H62N4O7Si.Li.H2O/c1-33(2)41(31-45(61)51(9,10)28-27-37-23-24-38-25-26-42(56-44(38)30-37)34(3)66-36(5)60)47(62)57-46(48(63)59-29-17-22-43(58-59)49(64)65-32-52(53,54)55)35(4)67-68(50(6,7)8,39-18-13-11-14-19-39)40-20-15-12-16-21-40;1-31(2)38(30-42(54)48(8,9)27-26-34-22-23-35-24-25-39(32(3)53)49-41(35)29-34)44(55)50-43(45(56)52-28-16-21-40(51-52)46(57)58)33(4)59-60(47(5,6)7,36-17-12-10-13-18-36)37-19-14-11-15-20-37;;/h11-16,18-21,23-28,30,33-35,41,43,46,58H,17,22,29,31-32H2,1-10H3,(H,57,62);10-15,17-20,22-27,29,31-33,38,40,43,51,53H,16,21,28,30H2,1-9H3,(H,50,55)(H,57,58);;1H2/q;;+1;/p-1/b28-27+;27-26+;;/t34-,35-,41+,43+,46+;32-,33-,38+,40+,43+;;/m11../s1. The van der Waals surface area contributed by atoms with Gasteiger partial charge in [-0.15, -0.1) is 0 Å². The average molecular weight is 1870 g/mol. The Hall–Kier alpha value is -9.09. The number of carboxylic acids is 1. The molecule has 0 radical (unpaired) electrons. The Morgan fingerprint density at radius 1 is 0.515 bits per heavy atom. The molecule has 694 valence electrons. The molecule has 10 atom stereocenters. The normalized spacial score (nSPS) is 16.8. The van der Waals surface area contributed by atoms with Crippen molar-refractivity contribution in [3.63, 3.8) is 0 Å². The number of allylic oxidation sites excluding steroid dienone is 2. The van der Waals surface area contributed by atoms with E-state index in [1.54, 1.807) is 33.8 Å². The Morgan fingerprint density at radius 2 is 0.862 bits per heavy atom. The molecule has 130 heavy (non-hydrogen) atoms. The van der Waals surface area contributed by atoms with E-state index in [2.05, 4.69) is 92.3 Å². The molecular formula is C100H128Cl3LiN8O16Si2. The number of hydrazine groups is 2. The minimum atomic E-state index is -3.29. The van der Waals surface area contributed by atoms with Crippen LogP contribution in [0.15, 0.2) is 194 Å². The predicted molar refractivity (Wildman–Crippen MR) is 513 cm³/mol. The molecule has 2 aliphatic rings. The SMILES string of the molecule is CC(=O)O[C@H](C)c1ccc2ccc(/C=C/C(C)(C)C(=O)C[C@H](C(=O)N[C@H](C(=O)N3CCC[C@@H](C(=O)OCC(Cl)(Cl)Cl)N3)[C@@H](C)O[Si](c3ccccc3)(c3ccccc3)C(C)(C)C)C(C)C)cc2n1.CC(C)[C@H](CC(=O)C(C)(C)/C=C/c1ccc2ccc([C@@H](C)O)nc2c1)C(=O)N[C@H](C(=O)N1CCC[C@@H](C(=O)O)N1)[C@@H](C)O[Si](c1ccccc1)(c1ccccc1)C(C)(C)C.[Li+].[OH-]. The summed E-state index contributed by atoms with van der Waals surface area (Å²) in [7, 11) is -6.51. The van der Waals surface area contributed by atoms with E-state index >= 15 is 4.79 Å². The number of esters is 2. The van der Waals surface area contributed by atoms with Gasteiger partial charge in [-0.25, -0.2) is 15.8 Å². The number of ether oxygens (including phenoxy) is 2. The summed E-state index contributed by atoms with van der Waals surface area (Å²) in [6, 6.07) is 54.6. The number of hydrogen-bond donors (Lipinski definition) is 6. The zero-order valence-corrected chi connectivity index (χ0v) is 82.8. The van der Waals surface area contributed by atoms with Gasteiger partial charge in [-0.1, -0.05) is 286 Å². The topological polar surface area (TPSA) is 341 Å². The number of aliphatic hydroxyl groups is 1. The van der Waals surface area contributed by atoms with Gasteiger partial charge in [0, 0.05) is 66.3 Å². The maximum absolute atomic E-state index is 15.0. The van der Waals surface area contributed by atoms with Crippen LogP contribution in [0, 0.1) is 34.5 Å². The average Bonchev–Trinajstić information content (AvgIpc) is 0.742. The van der Waals surface area contributed by atoms with Gasteiger partial charge in [0.15, 0.2) is 0 Å². The van der Waals surface area contributed by atoms with Gasteiger partial charge >= 0.3 is 36.8 Å². The third-order valence-electron chi connectivity index (χ3n) is 24.1. The number of hydrogen-bond acceptors (Lipinski definition) is 19. The molecule has 2 fully saturated rings. The summed E-state index contributed by atoms with van der Waals surface area (Å²) in [5, 5.41) is 33.5. The molecule has 4 heterocycles. The number of benzene rings is 6. The van der Waals surface area contributed by atoms with E-state index in [1.807, 2.05) is 231 Å². The number of rotatable bonds is 34. The third-order valence-corrected chi connectivity index (χ3v) is 34.7. The van der Waals surface area contributed by atoms with Crippen molar-refractivity contribution in [3.8, 4) is 0 Å². The van der Waals surface area contributed by atoms with Crippen molar-refractivity contribution in [2.24, 2.45) is 34.5 Å². The number of Topliss-reactive ketones (excluding diaryl/α,β-unsaturated/α-hetero) is 2. The smallest absolute Gasteiger partial charge is 0.870 e. The number of carboxylic acid groups (broad SMARTS) is 1. The van der Waals surface area contributed by atoms with Crippen LogP contribution in [0.25, 0.3) is 34.0 Å². The maximum atomic E-state index is 15.0. The molecule has 24 nitrogen and oxygen atoms in total. The first-order chi connectivity index (χ1) is 60.1. The zero-order valence-electron chi connectivity index (χ0n) is 78.5. The Labute approximate surface area is 794 Å². The summed E-state index contributed by atoms with van der Waals surface area (Å²) < 4.78 is 23.6. The Kier molecular flexibility index (Phi) is 38.6. The van der Waals surface area contributed by atoms with Crippen molar-refractivity contribution in [1.82, 2.24) is 41.5 Å². The minimum Gasteiger partial charge on any atom is -0.870 e. The molecule has 2 aliphatic heterocycles. The van der Waals surface area contributed by atoms with Gasteiger partial charge < -0.3 is 44.6 Å². The largest absolute Gasteiger partial charge is 1.00 e. The van der Waals surface area contributed by atoms with Gasteiger partial charge in [0.2, 0.25) is 15.6 Å². The van der Waals surface area contributed by atoms with Crippen molar-refractivity contribution < 1.29 is 96.0 Å². The van der Waals surface area contributed by atoms with Crippen LogP contribution in [-0.4, -0.2) is 165 Å². The van der Waals surface area contributed by atoms with Gasteiger partial charge in [-0.2, -0.15) is 0 Å². The fourth-order valence-electron chi connectivity index (χ4n) is 16.4. The third kappa shape index (κ3) is 27.6. The van der Waals surface area contributed by atoms with Crippen molar-refractivity contribution in [2.45, 2.75) is 233 Å². The number of alkyl halides is 3. The zero-order chi connectivity index (χ0) is 94.2. The first-order valence-corrected chi connectivity index (χ1v) is 48.9. The van der Waals surface area contributed by atoms with Crippen LogP contribution < -0.4 is 61.1 Å². The number of carbonyl (C=O) groups is 9. The molecule has 2 aromatic heterocycles. The first-order valence-electron chi connectivity index (χ1n) is 44.0. The second-order valence-electron chi connectivity index (χ2n) is 37.5. The molecule has 8 aromatic rings. The molecule has 10 rings (SSSR count). The number of nitrogens with zero attached hydrogens (tertiary/aromatic N) is 4. The molecule has 30 heteroatoms. The van der Waals surface area contributed by atoms with Crippen molar-refractivity contribution >= 4 is 159 Å². The van der Waals surface area contributed by atoms with Gasteiger partial charge in [0.05, 0.1) is 40.7 Å². The van der Waals surface area contributed by atoms with Crippen LogP contribution in [-0.2, 0) is 61.5 Å². The van der Waals surface area contributed by atoms with Crippen LogP contribution >= 0.6 is 34.8 Å². The molecule has 0 saturated carbocycles. The Balaban J connectivity index is 0.000000353. The molecular weight excluding hydrogens is 1740 g/mol. The number of fused-ring (bicyclic) bond motifs is 2. The number of aliphatic hydroxyl groups excluding tert-OH is 1. The Morgan fingerprint density at radius 3 is 1.20 bits per heavy atom. The molecule has 6 aromatic carbocycles. The number of nitrogens with one attached hydrogen (secondary N) is 4. The number of aromatic nitrogens is 2. The molecule has 0 spiro atoms. The number of pyridine rings is 2. The van der Waals surface area contributed by atoms with E-state index < -0.39 is 150 Å². The number of aliphatic carboxylic acids is 1. The Bertz CT molecular complexity index is 5190. The van der Waals surface area contributed by atoms with Gasteiger partial charge in [0.25, 0.3) is 28.4 Å². The molecule has 2 saturated heterocycles. The number of carbonyl (C=O) groups excluding carboxylic acids is 8.